The Morgan fingerprint density at radius 2 is 2.00 bits per heavy atom. The maximum Gasteiger partial charge on any atom is 0.417 e. The Morgan fingerprint density at radius 1 is 1.31 bits per heavy atom. The van der Waals surface area contributed by atoms with Crippen LogP contribution in [0.15, 0.2) is 12.1 Å². The Morgan fingerprint density at radius 3 is 2.52 bits per heavy atom. The molecular formula is C18H23F3N2O6. The molecule has 0 bridgehead atoms. The molecule has 0 aromatic heterocycles. The summed E-state index contributed by atoms with van der Waals surface area (Å²) in [6, 6.07) is 1.26. The second kappa shape index (κ2) is 8.95. The van der Waals surface area contributed by atoms with Gasteiger partial charge in [-0.3, -0.25) is 15.4 Å². The number of amides is 1. The molecule has 8 nitrogen and oxygen atoms in total. The first-order chi connectivity index (χ1) is 13.4. The third-order valence-corrected chi connectivity index (χ3v) is 3.92. The summed E-state index contributed by atoms with van der Waals surface area (Å²) < 4.78 is 56.1. The van der Waals surface area contributed by atoms with E-state index in [0.717, 1.165) is 18.9 Å². The predicted molar refractivity (Wildman–Crippen MR) is 96.3 cm³/mol. The number of carbonyl (C=O) groups excluding carboxylic acids is 1. The molecule has 1 fully saturated rings. The van der Waals surface area contributed by atoms with Gasteiger partial charge in [0.05, 0.1) is 17.1 Å². The van der Waals surface area contributed by atoms with Crippen molar-refractivity contribution in [3.05, 3.63) is 33.4 Å². The lowest BCUT2D eigenvalue weighted by Gasteiger charge is -2.24. The van der Waals surface area contributed by atoms with E-state index in [4.69, 9.17) is 14.2 Å². The standard InChI is InChI=1S/C18H23F3N2O6/c1-17(2,3)29-16(24)22-13-8-11(10-28-15-6-4-5-7-27-15)12(18(19,20)21)9-14(13)23(25)26/h8-9,15H,4-7,10H2,1-3H3,(H,22,24). The molecule has 1 aliphatic heterocycles. The van der Waals surface area contributed by atoms with Gasteiger partial charge in [0.1, 0.15) is 11.3 Å². The number of hydrogen-bond acceptors (Lipinski definition) is 6. The van der Waals surface area contributed by atoms with Crippen molar-refractivity contribution in [2.45, 2.75) is 64.7 Å². The number of nitro groups is 1. The number of rotatable bonds is 5. The molecule has 0 radical (unpaired) electrons. The van der Waals surface area contributed by atoms with Gasteiger partial charge in [-0.15, -0.1) is 0 Å². The summed E-state index contributed by atoms with van der Waals surface area (Å²) in [7, 11) is 0. The third kappa shape index (κ3) is 6.86. The number of halogens is 3. The summed E-state index contributed by atoms with van der Waals surface area (Å²) in [5.74, 6) is 0. The maximum absolute atomic E-state index is 13.5. The quantitative estimate of drug-likeness (QED) is 0.531. The highest BCUT2D eigenvalue weighted by molar-refractivity contribution is 5.88. The summed E-state index contributed by atoms with van der Waals surface area (Å²) in [5, 5.41) is 13.4. The molecule has 0 aliphatic carbocycles. The van der Waals surface area contributed by atoms with Crippen LogP contribution in [0, 0.1) is 10.1 Å². The van der Waals surface area contributed by atoms with Crippen molar-refractivity contribution < 1.29 is 37.1 Å². The summed E-state index contributed by atoms with van der Waals surface area (Å²) >= 11 is 0. The number of nitro benzene ring substituents is 1. The summed E-state index contributed by atoms with van der Waals surface area (Å²) in [6.07, 6.45) is -4.32. The molecule has 1 saturated heterocycles. The Labute approximate surface area is 165 Å². The second-order valence-corrected chi connectivity index (χ2v) is 7.52. The number of anilines is 1. The van der Waals surface area contributed by atoms with Gasteiger partial charge in [-0.2, -0.15) is 13.2 Å². The third-order valence-electron chi connectivity index (χ3n) is 3.92. The molecule has 1 N–H and O–H groups in total. The number of hydrogen-bond donors (Lipinski definition) is 1. The minimum Gasteiger partial charge on any atom is -0.444 e. The van der Waals surface area contributed by atoms with Crippen LogP contribution in [0.1, 0.15) is 51.2 Å². The van der Waals surface area contributed by atoms with Gasteiger partial charge in [0, 0.05) is 12.7 Å². The van der Waals surface area contributed by atoms with Crippen molar-refractivity contribution in [2.24, 2.45) is 0 Å². The van der Waals surface area contributed by atoms with Crippen LogP contribution in [0.4, 0.5) is 29.3 Å². The average Bonchev–Trinajstić information content (AvgIpc) is 2.57. The maximum atomic E-state index is 13.5. The van der Waals surface area contributed by atoms with E-state index in [9.17, 15) is 28.1 Å². The fourth-order valence-corrected chi connectivity index (χ4v) is 2.71. The van der Waals surface area contributed by atoms with Gasteiger partial charge in [0.2, 0.25) is 0 Å². The van der Waals surface area contributed by atoms with E-state index in [2.05, 4.69) is 5.32 Å². The topological polar surface area (TPSA) is 99.9 Å². The molecule has 1 amide bonds. The van der Waals surface area contributed by atoms with Gasteiger partial charge >= 0.3 is 12.3 Å². The van der Waals surface area contributed by atoms with E-state index in [1.165, 1.54) is 0 Å². The molecule has 1 aliphatic rings. The first kappa shape index (κ1) is 22.9. The minimum atomic E-state index is -4.85. The molecule has 1 aromatic rings. The molecule has 2 rings (SSSR count). The number of ether oxygens (including phenoxy) is 3. The van der Waals surface area contributed by atoms with Gasteiger partial charge < -0.3 is 14.2 Å². The molecule has 0 spiro atoms. The molecule has 0 saturated carbocycles. The van der Waals surface area contributed by atoms with Crippen LogP contribution in [0.2, 0.25) is 0 Å². The van der Waals surface area contributed by atoms with E-state index in [-0.39, 0.29) is 5.56 Å². The van der Waals surface area contributed by atoms with E-state index in [1.807, 2.05) is 0 Å². The van der Waals surface area contributed by atoms with Crippen LogP contribution in [0.25, 0.3) is 0 Å². The van der Waals surface area contributed by atoms with Crippen LogP contribution in [-0.4, -0.2) is 29.5 Å². The van der Waals surface area contributed by atoms with E-state index < -0.39 is 52.6 Å². The van der Waals surface area contributed by atoms with Crippen LogP contribution in [0.3, 0.4) is 0 Å². The number of nitrogens with one attached hydrogen (secondary N) is 1. The minimum absolute atomic E-state index is 0.358. The SMILES string of the molecule is CC(C)(C)OC(=O)Nc1cc(COC2CCCCO2)c(C(F)(F)F)cc1[N+](=O)[O-]. The van der Waals surface area contributed by atoms with Crippen LogP contribution in [0.5, 0.6) is 0 Å². The van der Waals surface area contributed by atoms with E-state index in [0.29, 0.717) is 19.1 Å². The molecule has 1 heterocycles. The lowest BCUT2D eigenvalue weighted by atomic mass is 10.0. The molecule has 1 atom stereocenters. The van der Waals surface area contributed by atoms with Crippen molar-refractivity contribution >= 4 is 17.5 Å². The van der Waals surface area contributed by atoms with Crippen LogP contribution < -0.4 is 5.32 Å². The highest BCUT2D eigenvalue weighted by atomic mass is 19.4. The molecule has 11 heteroatoms. The van der Waals surface area contributed by atoms with Crippen LogP contribution in [-0.2, 0) is 27.0 Å². The molecule has 29 heavy (non-hydrogen) atoms. The summed E-state index contributed by atoms with van der Waals surface area (Å²) in [4.78, 5) is 22.2. The first-order valence-electron chi connectivity index (χ1n) is 8.98. The summed E-state index contributed by atoms with van der Waals surface area (Å²) in [6.45, 7) is 4.70. The Bertz CT molecular complexity index is 755. The highest BCUT2D eigenvalue weighted by Gasteiger charge is 2.37. The van der Waals surface area contributed by atoms with Gasteiger partial charge in [0.25, 0.3) is 5.69 Å². The second-order valence-electron chi connectivity index (χ2n) is 7.52. The highest BCUT2D eigenvalue weighted by Crippen LogP contribution is 2.39. The normalized spacial score (nSPS) is 17.7. The number of nitrogens with zero attached hydrogens (tertiary/aromatic N) is 1. The predicted octanol–water partition coefficient (Wildman–Crippen LogP) is 5.00. The zero-order valence-corrected chi connectivity index (χ0v) is 16.3. The molecule has 1 unspecified atom stereocenters. The molecular weight excluding hydrogens is 397 g/mol. The van der Waals surface area contributed by atoms with E-state index >= 15 is 0 Å². The lowest BCUT2D eigenvalue weighted by molar-refractivity contribution is -0.384. The van der Waals surface area contributed by atoms with Gasteiger partial charge in [-0.1, -0.05) is 0 Å². The Balaban J connectivity index is 2.35. The lowest BCUT2D eigenvalue weighted by Crippen LogP contribution is -2.27. The van der Waals surface area contributed by atoms with Gasteiger partial charge in [-0.05, 0) is 51.7 Å². The van der Waals surface area contributed by atoms with E-state index in [1.54, 1.807) is 20.8 Å². The van der Waals surface area contributed by atoms with Gasteiger partial charge in [0.15, 0.2) is 6.29 Å². The fourth-order valence-electron chi connectivity index (χ4n) is 2.71. The number of alkyl halides is 3. The van der Waals surface area contributed by atoms with Crippen molar-refractivity contribution in [3.8, 4) is 0 Å². The summed E-state index contributed by atoms with van der Waals surface area (Å²) in [5.41, 5.74) is -3.78. The van der Waals surface area contributed by atoms with Gasteiger partial charge in [-0.25, -0.2) is 4.79 Å². The average molecular weight is 420 g/mol. The fraction of sp³-hybridized carbons (Fsp3) is 0.611. The largest absolute Gasteiger partial charge is 0.444 e. The monoisotopic (exact) mass is 420 g/mol. The zero-order chi connectivity index (χ0) is 21.8. The Kier molecular flexibility index (Phi) is 7.06. The van der Waals surface area contributed by atoms with Crippen molar-refractivity contribution in [1.29, 1.82) is 0 Å². The van der Waals surface area contributed by atoms with Crippen molar-refractivity contribution in [1.82, 2.24) is 0 Å². The number of benzene rings is 1. The smallest absolute Gasteiger partial charge is 0.417 e. The first-order valence-corrected chi connectivity index (χ1v) is 8.98. The number of carbonyl (C=O) groups is 1. The van der Waals surface area contributed by atoms with Crippen molar-refractivity contribution in [3.63, 3.8) is 0 Å². The molecule has 1 aromatic carbocycles. The molecule has 162 valence electrons. The Hall–Kier alpha value is -2.40. The zero-order valence-electron chi connectivity index (χ0n) is 16.3. The van der Waals surface area contributed by atoms with Crippen LogP contribution >= 0.6 is 0 Å². The van der Waals surface area contributed by atoms with Crippen molar-refractivity contribution in [2.75, 3.05) is 11.9 Å².